The Bertz CT molecular complexity index is 414. The van der Waals surface area contributed by atoms with E-state index in [1.165, 1.54) is 0 Å². The second-order valence-electron chi connectivity index (χ2n) is 3.06. The first-order valence-corrected chi connectivity index (χ1v) is 4.81. The summed E-state index contributed by atoms with van der Waals surface area (Å²) in [5, 5.41) is 2.83. The molecule has 1 heterocycles. The van der Waals surface area contributed by atoms with Crippen molar-refractivity contribution < 1.29 is 9.59 Å². The van der Waals surface area contributed by atoms with E-state index in [9.17, 15) is 9.59 Å². The van der Waals surface area contributed by atoms with Crippen molar-refractivity contribution in [1.82, 2.24) is 10.2 Å². The van der Waals surface area contributed by atoms with Crippen LogP contribution in [0.25, 0.3) is 0 Å². The fourth-order valence-electron chi connectivity index (χ4n) is 1.34. The molecule has 15 heavy (non-hydrogen) atoms. The Balaban J connectivity index is 2.29. The van der Waals surface area contributed by atoms with Gasteiger partial charge in [-0.1, -0.05) is 18.2 Å². The van der Waals surface area contributed by atoms with Crippen LogP contribution in [-0.4, -0.2) is 28.4 Å². The molecule has 2 rings (SSSR count). The number of amides is 2. The summed E-state index contributed by atoms with van der Waals surface area (Å²) >= 11 is 4.87. The van der Waals surface area contributed by atoms with Crippen LogP contribution in [0.3, 0.4) is 0 Å². The second kappa shape index (κ2) is 3.78. The Labute approximate surface area is 91.9 Å². The molecule has 1 saturated heterocycles. The third kappa shape index (κ3) is 1.73. The standard InChI is InChI=1S/C10H8N2O2S/c13-8-6-11-10(15)12(8)9(14)7-4-2-1-3-5-7/h1-5H,6H2,(H,11,15). The molecule has 5 heteroatoms. The molecule has 0 atom stereocenters. The van der Waals surface area contributed by atoms with Crippen molar-refractivity contribution in [3.63, 3.8) is 0 Å². The Morgan fingerprint density at radius 2 is 2.00 bits per heavy atom. The molecule has 1 N–H and O–H groups in total. The smallest absolute Gasteiger partial charge is 0.266 e. The number of nitrogens with zero attached hydrogens (tertiary/aromatic N) is 1. The first kappa shape index (κ1) is 9.79. The molecule has 0 bridgehead atoms. The Morgan fingerprint density at radius 1 is 1.33 bits per heavy atom. The van der Waals surface area contributed by atoms with Gasteiger partial charge in [0.15, 0.2) is 5.11 Å². The second-order valence-corrected chi connectivity index (χ2v) is 3.45. The minimum Gasteiger partial charge on any atom is -0.353 e. The van der Waals surface area contributed by atoms with Crippen LogP contribution in [0.15, 0.2) is 30.3 Å². The summed E-state index contributed by atoms with van der Waals surface area (Å²) in [6.45, 7) is 0.0946. The van der Waals surface area contributed by atoms with Gasteiger partial charge in [0.2, 0.25) is 0 Å². The molecular weight excluding hydrogens is 212 g/mol. The summed E-state index contributed by atoms with van der Waals surface area (Å²) in [7, 11) is 0. The third-order valence-corrected chi connectivity index (χ3v) is 2.39. The molecule has 1 aromatic rings. The highest BCUT2D eigenvalue weighted by molar-refractivity contribution is 7.80. The van der Waals surface area contributed by atoms with Crippen LogP contribution in [-0.2, 0) is 4.79 Å². The SMILES string of the molecule is O=C1CNC(=S)N1C(=O)c1ccccc1. The average molecular weight is 220 g/mol. The number of thiocarbonyl (C=S) groups is 1. The topological polar surface area (TPSA) is 49.4 Å². The maximum absolute atomic E-state index is 11.8. The molecule has 1 fully saturated rings. The summed E-state index contributed by atoms with van der Waals surface area (Å²) < 4.78 is 0. The molecule has 0 aromatic heterocycles. The van der Waals surface area contributed by atoms with Crippen molar-refractivity contribution in [3.05, 3.63) is 35.9 Å². The highest BCUT2D eigenvalue weighted by atomic mass is 32.1. The quantitative estimate of drug-likeness (QED) is 0.554. The van der Waals surface area contributed by atoms with Gasteiger partial charge in [0, 0.05) is 5.56 Å². The molecule has 0 unspecified atom stereocenters. The number of carbonyl (C=O) groups excluding carboxylic acids is 2. The zero-order chi connectivity index (χ0) is 10.8. The summed E-state index contributed by atoms with van der Waals surface area (Å²) in [4.78, 5) is 24.2. The Kier molecular flexibility index (Phi) is 2.47. The largest absolute Gasteiger partial charge is 0.353 e. The van der Waals surface area contributed by atoms with E-state index in [2.05, 4.69) is 5.32 Å². The van der Waals surface area contributed by atoms with Gasteiger partial charge in [0.25, 0.3) is 11.8 Å². The van der Waals surface area contributed by atoms with Gasteiger partial charge < -0.3 is 5.32 Å². The lowest BCUT2D eigenvalue weighted by Crippen LogP contribution is -2.36. The van der Waals surface area contributed by atoms with Crippen LogP contribution < -0.4 is 5.32 Å². The van der Waals surface area contributed by atoms with E-state index in [0.717, 1.165) is 4.90 Å². The molecular formula is C10H8N2O2S. The lowest BCUT2D eigenvalue weighted by Gasteiger charge is -2.11. The van der Waals surface area contributed by atoms with Gasteiger partial charge in [-0.3, -0.25) is 9.59 Å². The van der Waals surface area contributed by atoms with E-state index in [4.69, 9.17) is 12.2 Å². The van der Waals surface area contributed by atoms with Crippen LogP contribution in [0.4, 0.5) is 0 Å². The number of hydrogen-bond acceptors (Lipinski definition) is 3. The highest BCUT2D eigenvalue weighted by Crippen LogP contribution is 2.08. The molecule has 1 aliphatic rings. The van der Waals surface area contributed by atoms with Crippen LogP contribution in [0, 0.1) is 0 Å². The predicted molar refractivity (Wildman–Crippen MR) is 58.2 cm³/mol. The molecule has 1 aromatic carbocycles. The number of carbonyl (C=O) groups is 2. The van der Waals surface area contributed by atoms with Crippen LogP contribution in [0.5, 0.6) is 0 Å². The van der Waals surface area contributed by atoms with E-state index < -0.39 is 0 Å². The van der Waals surface area contributed by atoms with Crippen molar-refractivity contribution in [2.24, 2.45) is 0 Å². The molecule has 76 valence electrons. The number of nitrogens with one attached hydrogen (secondary N) is 1. The molecule has 2 amide bonds. The monoisotopic (exact) mass is 220 g/mol. The zero-order valence-corrected chi connectivity index (χ0v) is 8.58. The van der Waals surface area contributed by atoms with E-state index >= 15 is 0 Å². The van der Waals surface area contributed by atoms with Gasteiger partial charge in [-0.2, -0.15) is 0 Å². The van der Waals surface area contributed by atoms with Crippen molar-refractivity contribution in [2.45, 2.75) is 0 Å². The van der Waals surface area contributed by atoms with Crippen LogP contribution >= 0.6 is 12.2 Å². The molecule has 1 aliphatic heterocycles. The summed E-state index contributed by atoms with van der Waals surface area (Å²) in [6, 6.07) is 8.58. The molecule has 0 radical (unpaired) electrons. The van der Waals surface area contributed by atoms with Crippen molar-refractivity contribution >= 4 is 29.1 Å². The maximum Gasteiger partial charge on any atom is 0.266 e. The van der Waals surface area contributed by atoms with E-state index in [-0.39, 0.29) is 23.5 Å². The van der Waals surface area contributed by atoms with Crippen LogP contribution in [0.1, 0.15) is 10.4 Å². The van der Waals surface area contributed by atoms with Gasteiger partial charge >= 0.3 is 0 Å². The molecule has 0 aliphatic carbocycles. The van der Waals surface area contributed by atoms with Crippen LogP contribution in [0.2, 0.25) is 0 Å². The fourth-order valence-corrected chi connectivity index (χ4v) is 1.59. The molecule has 4 nitrogen and oxygen atoms in total. The lowest BCUT2D eigenvalue weighted by atomic mass is 10.2. The number of benzene rings is 1. The van der Waals surface area contributed by atoms with Gasteiger partial charge in [0.05, 0.1) is 6.54 Å². The van der Waals surface area contributed by atoms with Gasteiger partial charge in [-0.05, 0) is 24.4 Å². The molecule has 0 saturated carbocycles. The van der Waals surface area contributed by atoms with E-state index in [1.54, 1.807) is 30.3 Å². The molecule has 0 spiro atoms. The minimum absolute atomic E-state index is 0.0946. The maximum atomic E-state index is 11.8. The predicted octanol–water partition coefficient (Wildman–Crippen LogP) is 0.544. The van der Waals surface area contributed by atoms with Gasteiger partial charge in [-0.25, -0.2) is 4.90 Å². The minimum atomic E-state index is -0.379. The fraction of sp³-hybridized carbons (Fsp3) is 0.100. The van der Waals surface area contributed by atoms with Gasteiger partial charge in [0.1, 0.15) is 0 Å². The number of hydrogen-bond donors (Lipinski definition) is 1. The third-order valence-electron chi connectivity index (χ3n) is 2.07. The first-order valence-electron chi connectivity index (χ1n) is 4.40. The summed E-state index contributed by atoms with van der Waals surface area (Å²) in [5.41, 5.74) is 0.455. The summed E-state index contributed by atoms with van der Waals surface area (Å²) in [6.07, 6.45) is 0. The zero-order valence-electron chi connectivity index (χ0n) is 7.77. The lowest BCUT2D eigenvalue weighted by molar-refractivity contribution is -0.122. The van der Waals surface area contributed by atoms with Crippen molar-refractivity contribution in [3.8, 4) is 0 Å². The Morgan fingerprint density at radius 3 is 2.53 bits per heavy atom. The van der Waals surface area contributed by atoms with E-state index in [1.807, 2.05) is 0 Å². The normalized spacial score (nSPS) is 15.3. The summed E-state index contributed by atoms with van der Waals surface area (Å²) in [5.74, 6) is -0.690. The Hall–Kier alpha value is -1.75. The highest BCUT2D eigenvalue weighted by Gasteiger charge is 2.31. The first-order chi connectivity index (χ1) is 7.20. The van der Waals surface area contributed by atoms with Crippen molar-refractivity contribution in [2.75, 3.05) is 6.54 Å². The average Bonchev–Trinajstić information content (AvgIpc) is 2.59. The van der Waals surface area contributed by atoms with Crippen molar-refractivity contribution in [1.29, 1.82) is 0 Å². The number of imide groups is 1. The number of rotatable bonds is 1. The van der Waals surface area contributed by atoms with Gasteiger partial charge in [-0.15, -0.1) is 0 Å². The van der Waals surface area contributed by atoms with E-state index in [0.29, 0.717) is 5.56 Å².